The molecule has 0 aliphatic heterocycles. The molecule has 2 aromatic carbocycles. The third-order valence-electron chi connectivity index (χ3n) is 3.58. The first-order valence-electron chi connectivity index (χ1n) is 7.20. The van der Waals surface area contributed by atoms with Crippen LogP contribution in [0.5, 0.6) is 0 Å². The summed E-state index contributed by atoms with van der Waals surface area (Å²) in [5, 5.41) is 0.788. The van der Waals surface area contributed by atoms with Gasteiger partial charge in [-0.3, -0.25) is 4.79 Å². The Kier molecular flexibility index (Phi) is 4.47. The topological polar surface area (TPSA) is 50.5 Å². The molecule has 0 aliphatic rings. The van der Waals surface area contributed by atoms with E-state index in [-0.39, 0.29) is 11.5 Å². The molecule has 1 amide bonds. The molecule has 4 nitrogen and oxygen atoms in total. The highest BCUT2D eigenvalue weighted by Gasteiger charge is 2.18. The van der Waals surface area contributed by atoms with Crippen molar-refractivity contribution in [2.75, 3.05) is 11.4 Å². The average molecular weight is 419 g/mol. The summed E-state index contributed by atoms with van der Waals surface area (Å²) in [5.74, 6) is -0.0470. The Balaban J connectivity index is 2.04. The minimum absolute atomic E-state index is 0.0470. The third-order valence-corrected chi connectivity index (χ3v) is 4.52. The quantitative estimate of drug-likeness (QED) is 0.475. The fraction of sp³-hybridized carbons (Fsp3) is 0.111. The summed E-state index contributed by atoms with van der Waals surface area (Å²) in [5.41, 5.74) is 1.58. The van der Waals surface area contributed by atoms with E-state index >= 15 is 0 Å². The maximum atomic E-state index is 12.8. The van der Waals surface area contributed by atoms with Gasteiger partial charge in [0.2, 0.25) is 0 Å². The molecule has 0 bridgehead atoms. The van der Waals surface area contributed by atoms with Crippen molar-refractivity contribution in [3.63, 3.8) is 0 Å². The second-order valence-corrected chi connectivity index (χ2v) is 6.17. The molecule has 3 rings (SSSR count). The van der Waals surface area contributed by atoms with E-state index in [0.717, 1.165) is 14.6 Å². The van der Waals surface area contributed by atoms with Crippen LogP contribution in [0.4, 0.5) is 5.69 Å². The van der Waals surface area contributed by atoms with Crippen LogP contribution in [0.1, 0.15) is 17.3 Å². The lowest BCUT2D eigenvalue weighted by atomic mass is 10.1. The zero-order valence-electron chi connectivity index (χ0n) is 12.5. The van der Waals surface area contributed by atoms with E-state index in [1.807, 2.05) is 37.3 Å². The van der Waals surface area contributed by atoms with Gasteiger partial charge in [-0.15, -0.1) is 0 Å². The summed E-state index contributed by atoms with van der Waals surface area (Å²) in [6.07, 6.45) is 0. The summed E-state index contributed by atoms with van der Waals surface area (Å²) in [6, 6.07) is 16.0. The van der Waals surface area contributed by atoms with Gasteiger partial charge in [0.15, 0.2) is 0 Å². The van der Waals surface area contributed by atoms with Crippen molar-refractivity contribution < 1.29 is 9.21 Å². The van der Waals surface area contributed by atoms with Gasteiger partial charge in [-0.2, -0.15) is 0 Å². The fourth-order valence-corrected chi connectivity index (χ4v) is 3.07. The SMILES string of the molecule is CCN(C(=O)c1ccccc1I)c1ccc2oc(=O)ccc2c1. The van der Waals surface area contributed by atoms with Gasteiger partial charge < -0.3 is 9.32 Å². The molecule has 1 heterocycles. The summed E-state index contributed by atoms with van der Waals surface area (Å²) in [7, 11) is 0. The molecule has 0 aliphatic carbocycles. The number of amides is 1. The Morgan fingerprint density at radius 3 is 2.65 bits per heavy atom. The van der Waals surface area contributed by atoms with Crippen molar-refractivity contribution in [3.8, 4) is 0 Å². The predicted octanol–water partition coefficient (Wildman–Crippen LogP) is 4.06. The molecule has 1 aromatic heterocycles. The summed E-state index contributed by atoms with van der Waals surface area (Å²) >= 11 is 2.17. The van der Waals surface area contributed by atoms with E-state index in [0.29, 0.717) is 17.7 Å². The van der Waals surface area contributed by atoms with E-state index in [9.17, 15) is 9.59 Å². The molecular weight excluding hydrogens is 405 g/mol. The highest BCUT2D eigenvalue weighted by molar-refractivity contribution is 14.1. The number of anilines is 1. The van der Waals surface area contributed by atoms with E-state index < -0.39 is 0 Å². The van der Waals surface area contributed by atoms with Crippen molar-refractivity contribution >= 4 is 45.2 Å². The van der Waals surface area contributed by atoms with E-state index in [2.05, 4.69) is 22.6 Å². The van der Waals surface area contributed by atoms with Gasteiger partial charge in [0.05, 0.1) is 5.56 Å². The van der Waals surface area contributed by atoms with Crippen LogP contribution in [0.15, 0.2) is 63.8 Å². The molecule has 0 unspecified atom stereocenters. The fourth-order valence-electron chi connectivity index (χ4n) is 2.45. The van der Waals surface area contributed by atoms with Crippen LogP contribution in [0.3, 0.4) is 0 Å². The van der Waals surface area contributed by atoms with Crippen molar-refractivity contribution in [2.45, 2.75) is 6.92 Å². The smallest absolute Gasteiger partial charge is 0.336 e. The van der Waals surface area contributed by atoms with E-state index in [4.69, 9.17) is 4.42 Å². The molecule has 0 fully saturated rings. The number of hydrogen-bond acceptors (Lipinski definition) is 3. The average Bonchev–Trinajstić information content (AvgIpc) is 2.56. The lowest BCUT2D eigenvalue weighted by Crippen LogP contribution is -2.31. The maximum absolute atomic E-state index is 12.8. The van der Waals surface area contributed by atoms with Gasteiger partial charge in [-0.1, -0.05) is 12.1 Å². The zero-order chi connectivity index (χ0) is 16.4. The molecule has 0 spiro atoms. The Hall–Kier alpha value is -2.15. The molecule has 116 valence electrons. The molecule has 23 heavy (non-hydrogen) atoms. The highest BCUT2D eigenvalue weighted by atomic mass is 127. The molecule has 0 radical (unpaired) electrons. The highest BCUT2D eigenvalue weighted by Crippen LogP contribution is 2.24. The van der Waals surface area contributed by atoms with Gasteiger partial charge in [0.25, 0.3) is 5.91 Å². The van der Waals surface area contributed by atoms with E-state index in [1.54, 1.807) is 23.1 Å². The second kappa shape index (κ2) is 6.54. The first kappa shape index (κ1) is 15.7. The van der Waals surface area contributed by atoms with Crippen LogP contribution >= 0.6 is 22.6 Å². The number of hydrogen-bond donors (Lipinski definition) is 0. The molecule has 0 atom stereocenters. The molecule has 0 saturated carbocycles. The molecule has 3 aromatic rings. The van der Waals surface area contributed by atoms with Gasteiger partial charge in [-0.05, 0) is 65.9 Å². The summed E-state index contributed by atoms with van der Waals surface area (Å²) in [6.45, 7) is 2.48. The van der Waals surface area contributed by atoms with E-state index in [1.165, 1.54) is 6.07 Å². The van der Waals surface area contributed by atoms with Crippen LogP contribution in [0, 0.1) is 3.57 Å². The number of nitrogens with zero attached hydrogens (tertiary/aromatic N) is 1. The largest absolute Gasteiger partial charge is 0.423 e. The predicted molar refractivity (Wildman–Crippen MR) is 99.0 cm³/mol. The van der Waals surface area contributed by atoms with Gasteiger partial charge in [0.1, 0.15) is 5.58 Å². The lowest BCUT2D eigenvalue weighted by molar-refractivity contribution is 0.0987. The Labute approximate surface area is 146 Å². The lowest BCUT2D eigenvalue weighted by Gasteiger charge is -2.22. The molecule has 0 N–H and O–H groups in total. The Morgan fingerprint density at radius 2 is 1.91 bits per heavy atom. The summed E-state index contributed by atoms with van der Waals surface area (Å²) < 4.78 is 6.05. The Bertz CT molecular complexity index is 933. The normalized spacial score (nSPS) is 10.7. The molecule has 5 heteroatoms. The number of carbonyl (C=O) groups is 1. The van der Waals surface area contributed by atoms with Crippen LogP contribution < -0.4 is 10.5 Å². The van der Waals surface area contributed by atoms with Crippen molar-refractivity contribution in [3.05, 3.63) is 74.2 Å². The number of benzene rings is 2. The standard InChI is InChI=1S/C18H14INO3/c1-2-20(18(22)14-5-3-4-6-15(14)19)13-8-9-16-12(11-13)7-10-17(21)23-16/h3-11H,2H2,1H3. The molecular formula is C18H14INO3. The first-order valence-corrected chi connectivity index (χ1v) is 8.28. The third kappa shape index (κ3) is 3.14. The van der Waals surface area contributed by atoms with Crippen molar-refractivity contribution in [2.24, 2.45) is 0 Å². The van der Waals surface area contributed by atoms with Crippen LogP contribution in [0.25, 0.3) is 11.0 Å². The zero-order valence-corrected chi connectivity index (χ0v) is 14.6. The number of rotatable bonds is 3. The minimum atomic E-state index is -0.382. The minimum Gasteiger partial charge on any atom is -0.423 e. The van der Waals surface area contributed by atoms with Crippen molar-refractivity contribution in [1.82, 2.24) is 0 Å². The van der Waals surface area contributed by atoms with Gasteiger partial charge >= 0.3 is 5.63 Å². The summed E-state index contributed by atoms with van der Waals surface area (Å²) in [4.78, 5) is 25.8. The number of halogens is 1. The second-order valence-electron chi connectivity index (χ2n) is 5.01. The van der Waals surface area contributed by atoms with Crippen LogP contribution in [0.2, 0.25) is 0 Å². The Morgan fingerprint density at radius 1 is 1.13 bits per heavy atom. The monoisotopic (exact) mass is 419 g/mol. The van der Waals surface area contributed by atoms with Gasteiger partial charge in [0, 0.05) is 27.3 Å². The maximum Gasteiger partial charge on any atom is 0.336 e. The molecule has 0 saturated heterocycles. The first-order chi connectivity index (χ1) is 11.1. The van der Waals surface area contributed by atoms with Crippen molar-refractivity contribution in [1.29, 1.82) is 0 Å². The van der Waals surface area contributed by atoms with Crippen LogP contribution in [-0.2, 0) is 0 Å². The van der Waals surface area contributed by atoms with Crippen LogP contribution in [-0.4, -0.2) is 12.5 Å². The number of fused-ring (bicyclic) bond motifs is 1. The van der Waals surface area contributed by atoms with Gasteiger partial charge in [-0.25, -0.2) is 4.79 Å². The number of carbonyl (C=O) groups excluding carboxylic acids is 1.